The zero-order chi connectivity index (χ0) is 14.7. The second-order valence-corrected chi connectivity index (χ2v) is 5.39. The highest BCUT2D eigenvalue weighted by molar-refractivity contribution is 7.16. The molecule has 5 nitrogen and oxygen atoms in total. The predicted octanol–water partition coefficient (Wildman–Crippen LogP) is 1.81. The van der Waals surface area contributed by atoms with E-state index < -0.39 is 5.91 Å². The van der Waals surface area contributed by atoms with E-state index in [4.69, 9.17) is 11.5 Å². The van der Waals surface area contributed by atoms with E-state index in [-0.39, 0.29) is 5.97 Å². The minimum absolute atomic E-state index is 0.358. The van der Waals surface area contributed by atoms with Gasteiger partial charge in [-0.1, -0.05) is 12.1 Å². The molecule has 1 aromatic heterocycles. The maximum atomic E-state index is 11.3. The SMILES string of the molecule is COC(=O)c1ccc(Cc2cc(C(N)=O)c(N)s2)cc1. The number of nitrogen functional groups attached to an aromatic ring is 1. The number of hydrogen-bond donors (Lipinski definition) is 2. The van der Waals surface area contributed by atoms with E-state index in [0.717, 1.165) is 10.4 Å². The van der Waals surface area contributed by atoms with Gasteiger partial charge in [0.15, 0.2) is 0 Å². The molecule has 0 aliphatic heterocycles. The van der Waals surface area contributed by atoms with E-state index in [1.165, 1.54) is 18.4 Å². The molecule has 4 N–H and O–H groups in total. The Morgan fingerprint density at radius 3 is 2.40 bits per heavy atom. The standard InChI is InChI=1S/C14H14N2O3S/c1-19-14(18)9-4-2-8(3-5-9)6-10-7-11(12(15)17)13(16)20-10/h2-5,7H,6,16H2,1H3,(H2,15,17). The second kappa shape index (κ2) is 5.75. The Labute approximate surface area is 120 Å². The molecule has 1 amide bonds. The van der Waals surface area contributed by atoms with Crippen molar-refractivity contribution in [2.45, 2.75) is 6.42 Å². The Bertz CT molecular complexity index is 647. The van der Waals surface area contributed by atoms with Crippen LogP contribution in [0.15, 0.2) is 30.3 Å². The first-order chi connectivity index (χ1) is 9.51. The summed E-state index contributed by atoms with van der Waals surface area (Å²) in [4.78, 5) is 23.4. The third-order valence-corrected chi connectivity index (χ3v) is 3.79. The molecule has 0 fully saturated rings. The number of esters is 1. The number of carbonyl (C=O) groups is 2. The van der Waals surface area contributed by atoms with E-state index in [1.807, 2.05) is 12.1 Å². The molecule has 0 atom stereocenters. The highest BCUT2D eigenvalue weighted by Crippen LogP contribution is 2.26. The molecular formula is C14H14N2O3S. The monoisotopic (exact) mass is 290 g/mol. The van der Waals surface area contributed by atoms with Crippen LogP contribution in [-0.2, 0) is 11.2 Å². The number of thiophene rings is 1. The molecule has 0 aliphatic rings. The van der Waals surface area contributed by atoms with Crippen LogP contribution in [-0.4, -0.2) is 19.0 Å². The molecule has 0 saturated heterocycles. The molecule has 104 valence electrons. The summed E-state index contributed by atoms with van der Waals surface area (Å²) in [6, 6.07) is 8.79. The summed E-state index contributed by atoms with van der Waals surface area (Å²) in [5.74, 6) is -0.890. The van der Waals surface area contributed by atoms with E-state index in [0.29, 0.717) is 22.5 Å². The van der Waals surface area contributed by atoms with Crippen molar-refractivity contribution in [3.8, 4) is 0 Å². The maximum Gasteiger partial charge on any atom is 0.337 e. The Morgan fingerprint density at radius 2 is 1.90 bits per heavy atom. The van der Waals surface area contributed by atoms with E-state index in [1.54, 1.807) is 18.2 Å². The Hall–Kier alpha value is -2.34. The van der Waals surface area contributed by atoms with Gasteiger partial charge >= 0.3 is 5.97 Å². The summed E-state index contributed by atoms with van der Waals surface area (Å²) in [5, 5.41) is 0.429. The van der Waals surface area contributed by atoms with Crippen LogP contribution < -0.4 is 11.5 Å². The molecule has 1 aromatic carbocycles. The molecule has 1 heterocycles. The third kappa shape index (κ3) is 2.97. The van der Waals surface area contributed by atoms with Crippen LogP contribution >= 0.6 is 11.3 Å². The summed E-state index contributed by atoms with van der Waals surface area (Å²) in [7, 11) is 1.34. The lowest BCUT2D eigenvalue weighted by atomic mass is 10.1. The van der Waals surface area contributed by atoms with Crippen molar-refractivity contribution in [1.82, 2.24) is 0 Å². The fourth-order valence-corrected chi connectivity index (χ4v) is 2.78. The quantitative estimate of drug-likeness (QED) is 0.839. The van der Waals surface area contributed by atoms with Gasteiger partial charge in [-0.15, -0.1) is 11.3 Å². The number of primary amides is 1. The second-order valence-electron chi connectivity index (χ2n) is 4.22. The summed E-state index contributed by atoms with van der Waals surface area (Å²) < 4.78 is 4.64. The zero-order valence-electron chi connectivity index (χ0n) is 10.9. The van der Waals surface area contributed by atoms with Gasteiger partial charge in [0.25, 0.3) is 5.91 Å². The van der Waals surface area contributed by atoms with Crippen LogP contribution in [0.25, 0.3) is 0 Å². The fourth-order valence-electron chi connectivity index (χ4n) is 1.82. The maximum absolute atomic E-state index is 11.3. The van der Waals surface area contributed by atoms with Crippen molar-refractivity contribution in [2.75, 3.05) is 12.8 Å². The highest BCUT2D eigenvalue weighted by atomic mass is 32.1. The number of methoxy groups -OCH3 is 1. The van der Waals surface area contributed by atoms with Crippen LogP contribution in [0, 0.1) is 0 Å². The number of benzene rings is 1. The molecule has 0 aliphatic carbocycles. The normalized spacial score (nSPS) is 10.2. The first-order valence-electron chi connectivity index (χ1n) is 5.86. The zero-order valence-corrected chi connectivity index (χ0v) is 11.7. The Morgan fingerprint density at radius 1 is 1.25 bits per heavy atom. The first-order valence-corrected chi connectivity index (χ1v) is 6.68. The molecule has 6 heteroatoms. The molecule has 0 saturated carbocycles. The number of anilines is 1. The van der Waals surface area contributed by atoms with Crippen molar-refractivity contribution >= 4 is 28.2 Å². The van der Waals surface area contributed by atoms with Gasteiger partial charge in [0.1, 0.15) is 0 Å². The minimum Gasteiger partial charge on any atom is -0.465 e. The van der Waals surface area contributed by atoms with E-state index in [2.05, 4.69) is 4.74 Å². The molecular weight excluding hydrogens is 276 g/mol. The average molecular weight is 290 g/mol. The van der Waals surface area contributed by atoms with Gasteiger partial charge in [-0.3, -0.25) is 4.79 Å². The molecule has 0 radical (unpaired) electrons. The molecule has 0 spiro atoms. The Kier molecular flexibility index (Phi) is 4.05. The summed E-state index contributed by atoms with van der Waals surface area (Å²) in [6.45, 7) is 0. The minimum atomic E-state index is -0.522. The lowest BCUT2D eigenvalue weighted by Gasteiger charge is -2.01. The fraction of sp³-hybridized carbons (Fsp3) is 0.143. The van der Waals surface area contributed by atoms with Crippen LogP contribution in [0.5, 0.6) is 0 Å². The molecule has 2 aromatic rings. The van der Waals surface area contributed by atoms with Crippen molar-refractivity contribution in [3.63, 3.8) is 0 Å². The molecule has 0 unspecified atom stereocenters. The molecule has 20 heavy (non-hydrogen) atoms. The van der Waals surface area contributed by atoms with Crippen molar-refractivity contribution in [2.24, 2.45) is 5.73 Å². The third-order valence-electron chi connectivity index (χ3n) is 2.83. The number of carbonyl (C=O) groups excluding carboxylic acids is 2. The van der Waals surface area contributed by atoms with Crippen molar-refractivity contribution in [3.05, 3.63) is 51.9 Å². The van der Waals surface area contributed by atoms with Crippen molar-refractivity contribution in [1.29, 1.82) is 0 Å². The molecule has 2 rings (SSSR count). The lowest BCUT2D eigenvalue weighted by molar-refractivity contribution is 0.0600. The highest BCUT2D eigenvalue weighted by Gasteiger charge is 2.11. The summed E-state index contributed by atoms with van der Waals surface area (Å²) >= 11 is 1.34. The summed E-state index contributed by atoms with van der Waals surface area (Å²) in [6.07, 6.45) is 0.629. The number of ether oxygens (including phenoxy) is 1. The van der Waals surface area contributed by atoms with Crippen LogP contribution in [0.2, 0.25) is 0 Å². The Balaban J connectivity index is 2.16. The topological polar surface area (TPSA) is 95.4 Å². The number of amides is 1. The van der Waals surface area contributed by atoms with Gasteiger partial charge in [0.2, 0.25) is 0 Å². The van der Waals surface area contributed by atoms with Crippen LogP contribution in [0.3, 0.4) is 0 Å². The largest absolute Gasteiger partial charge is 0.465 e. The van der Waals surface area contributed by atoms with E-state index >= 15 is 0 Å². The van der Waals surface area contributed by atoms with Crippen LogP contribution in [0.1, 0.15) is 31.2 Å². The lowest BCUT2D eigenvalue weighted by Crippen LogP contribution is -2.11. The van der Waals surface area contributed by atoms with Gasteiger partial charge in [-0.25, -0.2) is 4.79 Å². The average Bonchev–Trinajstić information content (AvgIpc) is 2.79. The number of rotatable bonds is 4. The molecule has 0 bridgehead atoms. The smallest absolute Gasteiger partial charge is 0.337 e. The number of hydrogen-bond acceptors (Lipinski definition) is 5. The first kappa shape index (κ1) is 14.1. The van der Waals surface area contributed by atoms with Gasteiger partial charge < -0.3 is 16.2 Å². The van der Waals surface area contributed by atoms with Crippen molar-refractivity contribution < 1.29 is 14.3 Å². The van der Waals surface area contributed by atoms with Gasteiger partial charge in [-0.2, -0.15) is 0 Å². The number of nitrogens with two attached hydrogens (primary N) is 2. The predicted molar refractivity (Wildman–Crippen MR) is 77.8 cm³/mol. The van der Waals surface area contributed by atoms with Gasteiger partial charge in [-0.05, 0) is 23.8 Å². The summed E-state index contributed by atoms with van der Waals surface area (Å²) in [5.41, 5.74) is 12.8. The van der Waals surface area contributed by atoms with E-state index in [9.17, 15) is 9.59 Å². The van der Waals surface area contributed by atoms with Gasteiger partial charge in [0, 0.05) is 11.3 Å². The van der Waals surface area contributed by atoms with Crippen LogP contribution in [0.4, 0.5) is 5.00 Å². The van der Waals surface area contributed by atoms with Gasteiger partial charge in [0.05, 0.1) is 23.2 Å².